The molecule has 0 aliphatic carbocycles. The topological polar surface area (TPSA) is 52.5 Å². The Morgan fingerprint density at radius 3 is 2.18 bits per heavy atom. The number of methoxy groups -OCH3 is 4. The third kappa shape index (κ3) is 4.68. The molecule has 4 rings (SSSR count). The highest BCUT2D eigenvalue weighted by atomic mass is 35.5. The number of allylic oxidation sites excluding steroid dienone is 1. The van der Waals surface area contributed by atoms with Crippen molar-refractivity contribution in [3.8, 4) is 23.0 Å². The molecule has 0 N–H and O–H groups in total. The molecule has 34 heavy (non-hydrogen) atoms. The maximum Gasteiger partial charge on any atom is 0.167 e. The molecule has 0 saturated heterocycles. The first-order valence-corrected chi connectivity index (χ1v) is 11.2. The molecule has 6 nitrogen and oxygen atoms in total. The van der Waals surface area contributed by atoms with E-state index in [0.29, 0.717) is 34.4 Å². The Labute approximate surface area is 205 Å². The number of hydrogen-bond donors (Lipinski definition) is 0. The molecule has 176 valence electrons. The molecule has 1 unspecified atom stereocenters. The van der Waals surface area contributed by atoms with Crippen LogP contribution in [-0.4, -0.2) is 34.2 Å². The van der Waals surface area contributed by atoms with Gasteiger partial charge in [-0.15, -0.1) is 0 Å². The normalized spacial score (nSPS) is 15.4. The lowest BCUT2D eigenvalue weighted by molar-refractivity contribution is 0.349. The SMILES string of the molecule is COc1cccc(C=CC2=NN(c3cccc(Cl)c3)C(c3cccc(OC)c3OC)C2)c1OC. The third-order valence-corrected chi connectivity index (χ3v) is 5.92. The van der Waals surface area contributed by atoms with E-state index in [1.54, 1.807) is 28.4 Å². The maximum absolute atomic E-state index is 6.30. The number of hydrazone groups is 1. The molecule has 7 heteroatoms. The molecule has 0 amide bonds. The molecule has 1 aliphatic rings. The van der Waals surface area contributed by atoms with Gasteiger partial charge in [0.25, 0.3) is 0 Å². The van der Waals surface area contributed by atoms with E-state index in [0.717, 1.165) is 22.5 Å². The summed E-state index contributed by atoms with van der Waals surface area (Å²) in [6.45, 7) is 0. The minimum atomic E-state index is -0.102. The summed E-state index contributed by atoms with van der Waals surface area (Å²) < 4.78 is 22.2. The fourth-order valence-electron chi connectivity index (χ4n) is 4.14. The van der Waals surface area contributed by atoms with Crippen molar-refractivity contribution in [3.63, 3.8) is 0 Å². The van der Waals surface area contributed by atoms with Crippen LogP contribution in [-0.2, 0) is 0 Å². The van der Waals surface area contributed by atoms with Crippen LogP contribution >= 0.6 is 11.6 Å². The standard InChI is InChI=1S/C27H27ClN2O4/c1-31-24-12-5-8-18(26(24)33-3)14-15-20-17-23(22-11-7-13-25(32-2)27(22)34-4)30(29-20)21-10-6-9-19(28)16-21/h5-16,23H,17H2,1-4H3. The number of anilines is 1. The molecule has 0 radical (unpaired) electrons. The van der Waals surface area contributed by atoms with Gasteiger partial charge in [-0.05, 0) is 42.5 Å². The van der Waals surface area contributed by atoms with Crippen molar-refractivity contribution in [1.82, 2.24) is 0 Å². The van der Waals surface area contributed by atoms with Crippen molar-refractivity contribution in [2.24, 2.45) is 5.10 Å². The van der Waals surface area contributed by atoms with Crippen molar-refractivity contribution in [3.05, 3.63) is 82.9 Å². The van der Waals surface area contributed by atoms with Gasteiger partial charge in [-0.3, -0.25) is 5.01 Å². The van der Waals surface area contributed by atoms with Crippen LogP contribution in [0.25, 0.3) is 6.08 Å². The van der Waals surface area contributed by atoms with E-state index in [2.05, 4.69) is 0 Å². The summed E-state index contributed by atoms with van der Waals surface area (Å²) >= 11 is 6.30. The fourth-order valence-corrected chi connectivity index (χ4v) is 4.32. The molecule has 1 aliphatic heterocycles. The monoisotopic (exact) mass is 478 g/mol. The Morgan fingerprint density at radius 1 is 0.824 bits per heavy atom. The summed E-state index contributed by atoms with van der Waals surface area (Å²) in [5.74, 6) is 2.73. The predicted molar refractivity (Wildman–Crippen MR) is 137 cm³/mol. The van der Waals surface area contributed by atoms with Gasteiger partial charge in [0.15, 0.2) is 23.0 Å². The quantitative estimate of drug-likeness (QED) is 0.375. The van der Waals surface area contributed by atoms with Crippen molar-refractivity contribution in [2.75, 3.05) is 33.4 Å². The van der Waals surface area contributed by atoms with Crippen LogP contribution in [0.1, 0.15) is 23.6 Å². The molecule has 1 atom stereocenters. The van der Waals surface area contributed by atoms with Gasteiger partial charge in [0.1, 0.15) is 0 Å². The van der Waals surface area contributed by atoms with Crippen LogP contribution in [0.4, 0.5) is 5.69 Å². The van der Waals surface area contributed by atoms with Gasteiger partial charge in [0.05, 0.1) is 45.9 Å². The highest BCUT2D eigenvalue weighted by molar-refractivity contribution is 6.30. The van der Waals surface area contributed by atoms with Crippen molar-refractivity contribution >= 4 is 29.1 Å². The predicted octanol–water partition coefficient (Wildman–Crippen LogP) is 6.40. The second-order valence-electron chi connectivity index (χ2n) is 7.63. The first kappa shape index (κ1) is 23.5. The molecule has 1 heterocycles. The Kier molecular flexibility index (Phi) is 7.28. The average molecular weight is 479 g/mol. The van der Waals surface area contributed by atoms with Gasteiger partial charge in [-0.25, -0.2) is 0 Å². The summed E-state index contributed by atoms with van der Waals surface area (Å²) in [7, 11) is 6.55. The molecule has 3 aromatic carbocycles. The highest BCUT2D eigenvalue weighted by Gasteiger charge is 2.31. The molecular weight excluding hydrogens is 452 g/mol. The van der Waals surface area contributed by atoms with Crippen LogP contribution in [0, 0.1) is 0 Å². The molecule has 0 spiro atoms. The lowest BCUT2D eigenvalue weighted by Crippen LogP contribution is -2.19. The second-order valence-corrected chi connectivity index (χ2v) is 8.07. The largest absolute Gasteiger partial charge is 0.493 e. The molecule has 0 aromatic heterocycles. The maximum atomic E-state index is 6.30. The number of nitrogens with zero attached hydrogens (tertiary/aromatic N) is 2. The lowest BCUT2D eigenvalue weighted by atomic mass is 9.99. The molecule has 0 saturated carbocycles. The first-order valence-electron chi connectivity index (χ1n) is 10.8. The smallest absolute Gasteiger partial charge is 0.167 e. The van der Waals surface area contributed by atoms with Crippen LogP contribution in [0.15, 0.2) is 71.8 Å². The van der Waals surface area contributed by atoms with E-state index in [4.69, 9.17) is 35.6 Å². The zero-order chi connectivity index (χ0) is 24.1. The van der Waals surface area contributed by atoms with Gasteiger partial charge in [0.2, 0.25) is 0 Å². The van der Waals surface area contributed by atoms with Crippen LogP contribution < -0.4 is 24.0 Å². The average Bonchev–Trinajstić information content (AvgIpc) is 3.30. The summed E-state index contributed by atoms with van der Waals surface area (Å²) in [6.07, 6.45) is 4.65. The minimum Gasteiger partial charge on any atom is -0.493 e. The third-order valence-electron chi connectivity index (χ3n) is 5.69. The molecule has 0 bridgehead atoms. The highest BCUT2D eigenvalue weighted by Crippen LogP contribution is 2.43. The van der Waals surface area contributed by atoms with Crippen molar-refractivity contribution in [1.29, 1.82) is 0 Å². The van der Waals surface area contributed by atoms with E-state index in [9.17, 15) is 0 Å². The Balaban J connectivity index is 1.74. The van der Waals surface area contributed by atoms with Crippen LogP contribution in [0.2, 0.25) is 5.02 Å². The molecule has 0 fully saturated rings. The van der Waals surface area contributed by atoms with Gasteiger partial charge in [-0.1, -0.05) is 41.9 Å². The number of ether oxygens (including phenoxy) is 4. The summed E-state index contributed by atoms with van der Waals surface area (Å²) in [5.41, 5.74) is 3.68. The summed E-state index contributed by atoms with van der Waals surface area (Å²) in [5, 5.41) is 7.56. The number of para-hydroxylation sites is 2. The van der Waals surface area contributed by atoms with Crippen molar-refractivity contribution in [2.45, 2.75) is 12.5 Å². The van der Waals surface area contributed by atoms with Crippen molar-refractivity contribution < 1.29 is 18.9 Å². The molecule has 3 aromatic rings. The molecular formula is C27H27ClN2O4. The zero-order valence-electron chi connectivity index (χ0n) is 19.6. The second kappa shape index (κ2) is 10.5. The van der Waals surface area contributed by atoms with Crippen LogP contribution in [0.3, 0.4) is 0 Å². The first-order chi connectivity index (χ1) is 16.6. The minimum absolute atomic E-state index is 0.102. The van der Waals surface area contributed by atoms with Gasteiger partial charge in [0, 0.05) is 22.6 Å². The number of rotatable bonds is 8. The summed E-state index contributed by atoms with van der Waals surface area (Å²) in [6, 6.07) is 19.2. The van der Waals surface area contributed by atoms with E-state index < -0.39 is 0 Å². The number of hydrogen-bond acceptors (Lipinski definition) is 6. The summed E-state index contributed by atoms with van der Waals surface area (Å²) in [4.78, 5) is 0. The Hall–Kier alpha value is -3.64. The van der Waals surface area contributed by atoms with Crippen LogP contribution in [0.5, 0.6) is 23.0 Å². The number of halogens is 1. The lowest BCUT2D eigenvalue weighted by Gasteiger charge is -2.26. The van der Waals surface area contributed by atoms with Gasteiger partial charge in [-0.2, -0.15) is 5.10 Å². The zero-order valence-corrected chi connectivity index (χ0v) is 20.4. The van der Waals surface area contributed by atoms with E-state index in [1.807, 2.05) is 77.8 Å². The Bertz CT molecular complexity index is 1230. The van der Waals surface area contributed by atoms with E-state index in [1.165, 1.54) is 0 Å². The fraction of sp³-hybridized carbons (Fsp3) is 0.222. The van der Waals surface area contributed by atoms with E-state index in [-0.39, 0.29) is 6.04 Å². The van der Waals surface area contributed by atoms with Gasteiger partial charge >= 0.3 is 0 Å². The van der Waals surface area contributed by atoms with E-state index >= 15 is 0 Å². The Morgan fingerprint density at radius 2 is 1.50 bits per heavy atom. The van der Waals surface area contributed by atoms with Gasteiger partial charge < -0.3 is 18.9 Å². The number of benzene rings is 3.